The summed E-state index contributed by atoms with van der Waals surface area (Å²) < 4.78 is 0. The number of hydrogen-bond acceptors (Lipinski definition) is 2. The van der Waals surface area contributed by atoms with Crippen LogP contribution in [0.3, 0.4) is 0 Å². The summed E-state index contributed by atoms with van der Waals surface area (Å²) in [6.07, 6.45) is 1.79. The van der Waals surface area contributed by atoms with E-state index in [2.05, 4.69) is 29.0 Å². The normalized spacial score (nSPS) is 9.25. The first-order valence-corrected chi connectivity index (χ1v) is 5.37. The van der Waals surface area contributed by atoms with Crippen molar-refractivity contribution in [2.45, 2.75) is 27.7 Å². The Morgan fingerprint density at radius 2 is 1.44 bits per heavy atom. The van der Waals surface area contributed by atoms with E-state index in [4.69, 9.17) is 0 Å². The van der Waals surface area contributed by atoms with Gasteiger partial charge in [0.2, 0.25) is 0 Å². The van der Waals surface area contributed by atoms with Gasteiger partial charge in [-0.15, -0.1) is 0 Å². The fourth-order valence-corrected chi connectivity index (χ4v) is 1.49. The molecule has 0 aliphatic heterocycles. The summed E-state index contributed by atoms with van der Waals surface area (Å²) in [5, 5.41) is 0. The summed E-state index contributed by atoms with van der Waals surface area (Å²) in [6, 6.07) is 10.0. The summed E-state index contributed by atoms with van der Waals surface area (Å²) in [7, 11) is 0. The average molecular weight is 214 g/mol. The minimum absolute atomic E-state index is 1.07. The first-order chi connectivity index (χ1) is 7.58. The molecule has 2 aromatic rings. The molecule has 0 aliphatic rings. The van der Waals surface area contributed by atoms with E-state index < -0.39 is 0 Å². The van der Waals surface area contributed by atoms with Crippen LogP contribution < -0.4 is 0 Å². The molecule has 2 aromatic heterocycles. The predicted octanol–water partition coefficient (Wildman–Crippen LogP) is 3.40. The molecule has 0 aromatic carbocycles. The first-order valence-electron chi connectivity index (χ1n) is 5.37. The zero-order valence-electron chi connectivity index (χ0n) is 10.4. The highest BCUT2D eigenvalue weighted by Gasteiger charge is 1.88. The number of pyridine rings is 2. The summed E-state index contributed by atoms with van der Waals surface area (Å²) in [5.41, 5.74) is 4.57. The van der Waals surface area contributed by atoms with Gasteiger partial charge in [0.15, 0.2) is 0 Å². The maximum absolute atomic E-state index is 4.23. The third-order valence-electron chi connectivity index (χ3n) is 2.04. The lowest BCUT2D eigenvalue weighted by molar-refractivity contribution is 1.10. The minimum Gasteiger partial charge on any atom is -0.262 e. The van der Waals surface area contributed by atoms with Crippen molar-refractivity contribution in [1.29, 1.82) is 0 Å². The van der Waals surface area contributed by atoms with Crippen LogP contribution in [0.4, 0.5) is 0 Å². The Morgan fingerprint density at radius 1 is 0.812 bits per heavy atom. The summed E-state index contributed by atoms with van der Waals surface area (Å²) in [5.74, 6) is 0. The van der Waals surface area contributed by atoms with Crippen LogP contribution in [0.15, 0.2) is 36.5 Å². The molecule has 0 unspecified atom stereocenters. The van der Waals surface area contributed by atoms with E-state index in [-0.39, 0.29) is 0 Å². The van der Waals surface area contributed by atoms with E-state index in [0.29, 0.717) is 0 Å². The first kappa shape index (κ1) is 12.4. The third-order valence-corrected chi connectivity index (χ3v) is 2.04. The van der Waals surface area contributed by atoms with Gasteiger partial charge in [-0.3, -0.25) is 9.97 Å². The SMILES string of the molecule is Cc1cc(C)nc(C)c1.Cc1ccccn1. The summed E-state index contributed by atoms with van der Waals surface area (Å²) in [6.45, 7) is 8.09. The average Bonchev–Trinajstić information content (AvgIpc) is 2.17. The molecule has 0 saturated carbocycles. The molecule has 2 nitrogen and oxygen atoms in total. The number of aromatic nitrogens is 2. The molecular weight excluding hydrogens is 196 g/mol. The molecule has 0 aliphatic carbocycles. The van der Waals surface area contributed by atoms with Crippen LogP contribution in [0.2, 0.25) is 0 Å². The number of rotatable bonds is 0. The van der Waals surface area contributed by atoms with Gasteiger partial charge in [0.05, 0.1) is 0 Å². The molecule has 0 radical (unpaired) electrons. The molecule has 16 heavy (non-hydrogen) atoms. The molecule has 0 fully saturated rings. The van der Waals surface area contributed by atoms with Gasteiger partial charge in [-0.1, -0.05) is 6.07 Å². The summed E-state index contributed by atoms with van der Waals surface area (Å²) in [4.78, 5) is 8.21. The van der Waals surface area contributed by atoms with Crippen LogP contribution in [0.25, 0.3) is 0 Å². The molecule has 2 heterocycles. The van der Waals surface area contributed by atoms with E-state index in [0.717, 1.165) is 17.1 Å². The predicted molar refractivity (Wildman–Crippen MR) is 67.4 cm³/mol. The van der Waals surface area contributed by atoms with Crippen molar-refractivity contribution in [1.82, 2.24) is 9.97 Å². The van der Waals surface area contributed by atoms with Crippen molar-refractivity contribution < 1.29 is 0 Å². The highest BCUT2D eigenvalue weighted by molar-refractivity contribution is 5.18. The Bertz CT molecular complexity index is 385. The Hall–Kier alpha value is -1.70. The summed E-state index contributed by atoms with van der Waals surface area (Å²) >= 11 is 0. The van der Waals surface area contributed by atoms with E-state index in [1.54, 1.807) is 6.20 Å². The van der Waals surface area contributed by atoms with Crippen molar-refractivity contribution in [3.05, 3.63) is 59.2 Å². The van der Waals surface area contributed by atoms with Crippen molar-refractivity contribution in [3.63, 3.8) is 0 Å². The fourth-order valence-electron chi connectivity index (χ4n) is 1.49. The lowest BCUT2D eigenvalue weighted by atomic mass is 10.2. The topological polar surface area (TPSA) is 25.8 Å². The van der Waals surface area contributed by atoms with E-state index in [9.17, 15) is 0 Å². The molecule has 0 bridgehead atoms. The Labute approximate surface area is 97.4 Å². The van der Waals surface area contributed by atoms with Gasteiger partial charge in [-0.2, -0.15) is 0 Å². The second kappa shape index (κ2) is 6.01. The van der Waals surface area contributed by atoms with Gasteiger partial charge in [-0.05, 0) is 57.5 Å². The zero-order chi connectivity index (χ0) is 12.0. The Balaban J connectivity index is 0.000000165. The van der Waals surface area contributed by atoms with Crippen LogP contribution >= 0.6 is 0 Å². The van der Waals surface area contributed by atoms with E-state index in [1.165, 1.54) is 5.56 Å². The van der Waals surface area contributed by atoms with Crippen molar-refractivity contribution in [2.75, 3.05) is 0 Å². The van der Waals surface area contributed by atoms with Gasteiger partial charge in [0.1, 0.15) is 0 Å². The molecule has 0 N–H and O–H groups in total. The monoisotopic (exact) mass is 214 g/mol. The molecular formula is C14H18N2. The molecule has 0 amide bonds. The van der Waals surface area contributed by atoms with Crippen LogP contribution in [0.1, 0.15) is 22.6 Å². The standard InChI is InChI=1S/C8H11N.C6H7N/c1-6-4-7(2)9-8(3)5-6;1-6-4-2-3-5-7-6/h4-5H,1-3H3;2-5H,1H3. The molecule has 0 spiro atoms. The van der Waals surface area contributed by atoms with Crippen LogP contribution in [-0.2, 0) is 0 Å². The van der Waals surface area contributed by atoms with Crippen LogP contribution in [0.5, 0.6) is 0 Å². The largest absolute Gasteiger partial charge is 0.262 e. The fraction of sp³-hybridized carbons (Fsp3) is 0.286. The van der Waals surface area contributed by atoms with Crippen molar-refractivity contribution in [2.24, 2.45) is 0 Å². The third kappa shape index (κ3) is 4.69. The quantitative estimate of drug-likeness (QED) is 0.671. The molecule has 0 saturated heterocycles. The van der Waals surface area contributed by atoms with Crippen molar-refractivity contribution >= 4 is 0 Å². The molecule has 0 atom stereocenters. The van der Waals surface area contributed by atoms with Crippen molar-refractivity contribution in [3.8, 4) is 0 Å². The number of aryl methyl sites for hydroxylation is 4. The van der Waals surface area contributed by atoms with Gasteiger partial charge < -0.3 is 0 Å². The van der Waals surface area contributed by atoms with E-state index >= 15 is 0 Å². The van der Waals surface area contributed by atoms with Gasteiger partial charge >= 0.3 is 0 Å². The molecule has 84 valence electrons. The minimum atomic E-state index is 1.07. The lowest BCUT2D eigenvalue weighted by Crippen LogP contribution is -1.85. The maximum atomic E-state index is 4.23. The Morgan fingerprint density at radius 3 is 1.75 bits per heavy atom. The second-order valence-corrected chi connectivity index (χ2v) is 3.90. The van der Waals surface area contributed by atoms with Gasteiger partial charge in [-0.25, -0.2) is 0 Å². The highest BCUT2D eigenvalue weighted by atomic mass is 14.7. The Kier molecular flexibility index (Phi) is 4.65. The maximum Gasteiger partial charge on any atom is 0.0378 e. The highest BCUT2D eigenvalue weighted by Crippen LogP contribution is 2.01. The van der Waals surface area contributed by atoms with Crippen LogP contribution in [-0.4, -0.2) is 9.97 Å². The van der Waals surface area contributed by atoms with E-state index in [1.807, 2.05) is 39.0 Å². The van der Waals surface area contributed by atoms with Crippen LogP contribution in [0, 0.1) is 27.7 Å². The molecule has 2 heteroatoms. The van der Waals surface area contributed by atoms with Gasteiger partial charge in [0, 0.05) is 23.3 Å². The molecule has 2 rings (SSSR count). The second-order valence-electron chi connectivity index (χ2n) is 3.90. The zero-order valence-corrected chi connectivity index (χ0v) is 10.4. The van der Waals surface area contributed by atoms with Gasteiger partial charge in [0.25, 0.3) is 0 Å². The number of hydrogen-bond donors (Lipinski definition) is 0. The smallest absolute Gasteiger partial charge is 0.0378 e. The lowest BCUT2D eigenvalue weighted by Gasteiger charge is -1.96. The number of nitrogens with zero attached hydrogens (tertiary/aromatic N) is 2.